The van der Waals surface area contributed by atoms with Gasteiger partial charge in [0.25, 0.3) is 5.91 Å². The number of carbonyl (C=O) groups excluding carboxylic acids is 5. The maximum Gasteiger partial charge on any atom is 0.315 e. The molecule has 12 nitrogen and oxygen atoms in total. The predicted octanol–water partition coefficient (Wildman–Crippen LogP) is 3.27. The fourth-order valence-corrected chi connectivity index (χ4v) is 8.47. The number of hydrogen-bond acceptors (Lipinski definition) is 6. The summed E-state index contributed by atoms with van der Waals surface area (Å²) in [7, 11) is 0.534. The first kappa shape index (κ1) is 39.2. The molecule has 2 unspecified atom stereocenters. The summed E-state index contributed by atoms with van der Waals surface area (Å²) in [5, 5.41) is 11.8. The van der Waals surface area contributed by atoms with E-state index in [1.807, 2.05) is 27.7 Å². The third-order valence-corrected chi connectivity index (χ3v) is 12.6. The minimum absolute atomic E-state index is 0.0236. The molecule has 1 saturated heterocycles. The lowest BCUT2D eigenvalue weighted by atomic mass is 9.79. The number of amides is 5. The lowest BCUT2D eigenvalue weighted by molar-refractivity contribution is -0.144. The number of Topliss-reactive ketones (excluding diaryl/α,β-unsaturated/α-hetero) is 1. The maximum absolute atomic E-state index is 14.8. The Kier molecular flexibility index (Phi) is 13.0. The molecular formula is C36H62N6O6S. The Hall–Kier alpha value is -2.54. The Morgan fingerprint density at radius 2 is 1.61 bits per heavy atom. The van der Waals surface area contributed by atoms with Crippen molar-refractivity contribution < 1.29 is 28.2 Å². The SMILES string of the molecule is CCCC(NC(=O)[C@@H]1[C@H]2CCC(C)(C)[C@H]2CN1C(=O)[C@@H](NC(=O)N[C@H](CN(C)S(C)=O)C(C)(C)C)C1CCCCC1)C(=O)C(=O)NC1CC1. The zero-order chi connectivity index (χ0) is 36.3. The second kappa shape index (κ2) is 16.2. The number of carbonyl (C=O) groups is 5. The van der Waals surface area contributed by atoms with Crippen molar-refractivity contribution in [1.82, 2.24) is 30.5 Å². The van der Waals surface area contributed by atoms with Crippen LogP contribution < -0.4 is 21.3 Å². The van der Waals surface area contributed by atoms with E-state index in [-0.39, 0.29) is 46.6 Å². The Morgan fingerprint density at radius 3 is 2.18 bits per heavy atom. The van der Waals surface area contributed by atoms with Crippen molar-refractivity contribution in [2.75, 3.05) is 26.4 Å². The van der Waals surface area contributed by atoms with Gasteiger partial charge in [-0.05, 0) is 80.6 Å². The van der Waals surface area contributed by atoms with Crippen LogP contribution in [0, 0.1) is 28.6 Å². The second-order valence-electron chi connectivity index (χ2n) is 16.8. The van der Waals surface area contributed by atoms with Gasteiger partial charge < -0.3 is 26.2 Å². The average molecular weight is 707 g/mol. The van der Waals surface area contributed by atoms with Crippen molar-refractivity contribution >= 4 is 40.5 Å². The van der Waals surface area contributed by atoms with Crippen LogP contribution >= 0.6 is 0 Å². The summed E-state index contributed by atoms with van der Waals surface area (Å²) < 4.78 is 13.8. The molecule has 7 atom stereocenters. The monoisotopic (exact) mass is 706 g/mol. The Labute approximate surface area is 296 Å². The molecule has 0 aromatic rings. The summed E-state index contributed by atoms with van der Waals surface area (Å²) in [5.74, 6) is -2.07. The number of likely N-dealkylation sites (N-methyl/N-ethyl adjacent to an activating group) is 1. The lowest BCUT2D eigenvalue weighted by Gasteiger charge is -2.37. The van der Waals surface area contributed by atoms with Gasteiger partial charge in [-0.25, -0.2) is 13.3 Å². The maximum atomic E-state index is 14.8. The van der Waals surface area contributed by atoms with E-state index in [1.54, 1.807) is 22.5 Å². The van der Waals surface area contributed by atoms with Gasteiger partial charge in [-0.1, -0.05) is 67.2 Å². The van der Waals surface area contributed by atoms with Gasteiger partial charge in [-0.15, -0.1) is 0 Å². The summed E-state index contributed by atoms with van der Waals surface area (Å²) in [4.78, 5) is 70.4. The molecular weight excluding hydrogens is 644 g/mol. The number of nitrogens with zero attached hydrogens (tertiary/aromatic N) is 2. The molecule has 4 rings (SSSR count). The standard InChI is InChI=1S/C36H62N6O6S/c1-9-13-26(30(43)32(45)37-23-16-17-23)38-31(44)29-24-18-19-36(5,6)25(24)20-42(29)33(46)28(22-14-11-10-12-15-22)40-34(47)39-27(35(2,3)4)21-41(7)49(8)48/h22-29H,9-21H2,1-8H3,(H,37,45)(H,38,44)(H2,39,40,47)/t24-,25-,26?,27+,28-,29-,49?/m0/s1. The van der Waals surface area contributed by atoms with E-state index in [1.165, 1.54) is 0 Å². The first-order chi connectivity index (χ1) is 22.9. The van der Waals surface area contributed by atoms with E-state index in [0.29, 0.717) is 25.9 Å². The van der Waals surface area contributed by atoms with Crippen molar-refractivity contribution in [1.29, 1.82) is 0 Å². The molecule has 0 aromatic heterocycles. The number of nitrogens with one attached hydrogen (secondary N) is 4. The molecule has 4 aliphatic rings. The molecule has 0 radical (unpaired) electrons. The van der Waals surface area contributed by atoms with Crippen LogP contribution in [0.5, 0.6) is 0 Å². The summed E-state index contributed by atoms with van der Waals surface area (Å²) in [6.07, 6.45) is 10.5. The molecule has 0 aromatic carbocycles. The molecule has 3 aliphatic carbocycles. The summed E-state index contributed by atoms with van der Waals surface area (Å²) in [6.45, 7) is 13.1. The smallest absolute Gasteiger partial charge is 0.315 e. The largest absolute Gasteiger partial charge is 0.347 e. The van der Waals surface area contributed by atoms with Crippen LogP contribution in [0.15, 0.2) is 0 Å². The zero-order valence-corrected chi connectivity index (χ0v) is 31.9. The fraction of sp³-hybridized carbons (Fsp3) is 0.861. The van der Waals surface area contributed by atoms with Gasteiger partial charge in [0.2, 0.25) is 17.6 Å². The third-order valence-electron chi connectivity index (χ3n) is 11.6. The van der Waals surface area contributed by atoms with E-state index in [4.69, 9.17) is 0 Å². The van der Waals surface area contributed by atoms with Gasteiger partial charge in [0.15, 0.2) is 0 Å². The van der Waals surface area contributed by atoms with E-state index >= 15 is 0 Å². The van der Waals surface area contributed by atoms with Crippen molar-refractivity contribution in [3.05, 3.63) is 0 Å². The number of fused-ring (bicyclic) bond motifs is 1. The molecule has 4 N–H and O–H groups in total. The minimum Gasteiger partial charge on any atom is -0.347 e. The third kappa shape index (κ3) is 9.83. The van der Waals surface area contributed by atoms with Crippen molar-refractivity contribution in [3.8, 4) is 0 Å². The highest BCUT2D eigenvalue weighted by atomic mass is 32.2. The zero-order valence-electron chi connectivity index (χ0n) is 31.1. The number of ketones is 1. The van der Waals surface area contributed by atoms with E-state index in [0.717, 1.165) is 57.8 Å². The normalized spacial score (nSPS) is 26.3. The van der Waals surface area contributed by atoms with Gasteiger partial charge in [-0.2, -0.15) is 0 Å². The molecule has 1 aliphatic heterocycles. The second-order valence-corrected chi connectivity index (χ2v) is 18.3. The number of urea groups is 1. The van der Waals surface area contributed by atoms with E-state index in [2.05, 4.69) is 35.1 Å². The van der Waals surface area contributed by atoms with Crippen LogP contribution in [0.1, 0.15) is 112 Å². The van der Waals surface area contributed by atoms with Crippen LogP contribution in [-0.4, -0.2) is 99.6 Å². The molecule has 5 amide bonds. The minimum atomic E-state index is -1.21. The topological polar surface area (TPSA) is 157 Å². The molecule has 278 valence electrons. The van der Waals surface area contributed by atoms with Gasteiger partial charge in [0, 0.05) is 31.4 Å². The fourth-order valence-electron chi connectivity index (χ4n) is 8.11. The average Bonchev–Trinajstić information content (AvgIpc) is 3.68. The van der Waals surface area contributed by atoms with Crippen LogP contribution in [0.3, 0.4) is 0 Å². The van der Waals surface area contributed by atoms with Crippen molar-refractivity contribution in [3.63, 3.8) is 0 Å². The van der Waals surface area contributed by atoms with Crippen LogP contribution in [0.2, 0.25) is 0 Å². The number of hydrogen-bond donors (Lipinski definition) is 4. The highest BCUT2D eigenvalue weighted by Crippen LogP contribution is 2.53. The van der Waals surface area contributed by atoms with Gasteiger partial charge >= 0.3 is 6.03 Å². The summed E-state index contributed by atoms with van der Waals surface area (Å²) in [6, 6.07) is -3.38. The van der Waals surface area contributed by atoms with Crippen LogP contribution in [0.25, 0.3) is 0 Å². The van der Waals surface area contributed by atoms with Crippen molar-refractivity contribution in [2.24, 2.45) is 28.6 Å². The molecule has 3 saturated carbocycles. The molecule has 0 spiro atoms. The number of rotatable bonds is 14. The lowest BCUT2D eigenvalue weighted by Crippen LogP contribution is -2.61. The highest BCUT2D eigenvalue weighted by molar-refractivity contribution is 7.81. The van der Waals surface area contributed by atoms with Gasteiger partial charge in [0.05, 0.1) is 17.0 Å². The van der Waals surface area contributed by atoms with Crippen LogP contribution in [-0.2, 0) is 30.2 Å². The Balaban J connectivity index is 1.59. The Morgan fingerprint density at radius 1 is 0.959 bits per heavy atom. The number of likely N-dealkylation sites (tertiary alicyclic amines) is 1. The molecule has 0 bridgehead atoms. The molecule has 49 heavy (non-hydrogen) atoms. The summed E-state index contributed by atoms with van der Waals surface area (Å²) in [5.41, 5.74) is -0.435. The molecule has 1 heterocycles. The molecule has 13 heteroatoms. The quantitative estimate of drug-likeness (QED) is 0.203. The van der Waals surface area contributed by atoms with Crippen molar-refractivity contribution in [2.45, 2.75) is 142 Å². The Bertz CT molecular complexity index is 1260. The van der Waals surface area contributed by atoms with Gasteiger partial charge in [-0.3, -0.25) is 19.2 Å². The highest BCUT2D eigenvalue weighted by Gasteiger charge is 2.57. The van der Waals surface area contributed by atoms with Gasteiger partial charge in [0.1, 0.15) is 12.1 Å². The van der Waals surface area contributed by atoms with E-state index in [9.17, 15) is 28.2 Å². The van der Waals surface area contributed by atoms with Crippen LogP contribution in [0.4, 0.5) is 4.79 Å². The summed E-state index contributed by atoms with van der Waals surface area (Å²) >= 11 is 0. The predicted molar refractivity (Wildman–Crippen MR) is 190 cm³/mol. The first-order valence-electron chi connectivity index (χ1n) is 18.5. The first-order valence-corrected chi connectivity index (χ1v) is 20.0. The van der Waals surface area contributed by atoms with E-state index < -0.39 is 52.7 Å². The molecule has 4 fully saturated rings.